The number of rotatable bonds is 3. The summed E-state index contributed by atoms with van der Waals surface area (Å²) >= 11 is 0. The van der Waals surface area contributed by atoms with Crippen molar-refractivity contribution in [3.05, 3.63) is 35.9 Å². The first kappa shape index (κ1) is 17.0. The first-order chi connectivity index (χ1) is 12.3. The van der Waals surface area contributed by atoms with E-state index in [4.69, 9.17) is 9.57 Å². The molecule has 3 aliphatic rings. The van der Waals surface area contributed by atoms with Crippen LogP contribution in [0.5, 0.6) is 0 Å². The number of amides is 1. The summed E-state index contributed by atoms with van der Waals surface area (Å²) in [4.78, 5) is 20.8. The van der Waals surface area contributed by atoms with Crippen LogP contribution >= 0.6 is 0 Å². The summed E-state index contributed by atoms with van der Waals surface area (Å²) in [7, 11) is 0. The molecule has 136 valence electrons. The normalized spacial score (nSPS) is 30.7. The van der Waals surface area contributed by atoms with Crippen LogP contribution in [0.4, 0.5) is 0 Å². The maximum atomic E-state index is 12.7. The molecular formula is C20H28N2O3. The number of hydrogen-bond acceptors (Lipinski definition) is 4. The zero-order valence-electron chi connectivity index (χ0n) is 14.8. The number of benzene rings is 1. The maximum absolute atomic E-state index is 12.7. The minimum Gasteiger partial charge on any atom is -0.377 e. The van der Waals surface area contributed by atoms with Crippen molar-refractivity contribution in [1.29, 1.82) is 0 Å². The average molecular weight is 344 g/mol. The molecule has 0 N–H and O–H groups in total. The van der Waals surface area contributed by atoms with Crippen molar-refractivity contribution in [2.24, 2.45) is 11.8 Å². The van der Waals surface area contributed by atoms with Gasteiger partial charge in [0.1, 0.15) is 0 Å². The van der Waals surface area contributed by atoms with Crippen LogP contribution in [-0.4, -0.2) is 54.8 Å². The highest BCUT2D eigenvalue weighted by Crippen LogP contribution is 2.33. The number of likely N-dealkylation sites (tertiary alicyclic amines) is 1. The monoisotopic (exact) mass is 344 g/mol. The number of fused-ring (bicyclic) bond motifs is 1. The molecular weight excluding hydrogens is 316 g/mol. The molecule has 0 saturated carbocycles. The molecule has 5 heteroatoms. The van der Waals surface area contributed by atoms with Crippen molar-refractivity contribution in [3.8, 4) is 0 Å². The molecule has 3 fully saturated rings. The summed E-state index contributed by atoms with van der Waals surface area (Å²) in [5.41, 5.74) is 1.35. The van der Waals surface area contributed by atoms with Gasteiger partial charge in [0.15, 0.2) is 0 Å². The van der Waals surface area contributed by atoms with Gasteiger partial charge < -0.3 is 4.74 Å². The molecule has 1 aromatic rings. The Balaban J connectivity index is 1.34. The van der Waals surface area contributed by atoms with Crippen LogP contribution in [0.15, 0.2) is 30.3 Å². The summed E-state index contributed by atoms with van der Waals surface area (Å²) in [6.07, 6.45) is 4.39. The Bertz CT molecular complexity index is 574. The molecule has 0 radical (unpaired) electrons. The lowest BCUT2D eigenvalue weighted by atomic mass is 9.83. The van der Waals surface area contributed by atoms with Gasteiger partial charge in [-0.1, -0.05) is 30.3 Å². The maximum Gasteiger partial charge on any atom is 0.251 e. The van der Waals surface area contributed by atoms with Crippen molar-refractivity contribution < 1.29 is 14.4 Å². The van der Waals surface area contributed by atoms with E-state index in [2.05, 4.69) is 35.2 Å². The smallest absolute Gasteiger partial charge is 0.251 e. The summed E-state index contributed by atoms with van der Waals surface area (Å²) in [6, 6.07) is 10.6. The Morgan fingerprint density at radius 2 is 2.04 bits per heavy atom. The number of carbonyl (C=O) groups excluding carboxylic acids is 1. The van der Waals surface area contributed by atoms with Crippen molar-refractivity contribution in [3.63, 3.8) is 0 Å². The standard InChI is InChI=1S/C20H28N2O3/c23-20(22-9-4-5-11-25-22)18-12-17-14-21(10-8-19(17)24-15-18)13-16-6-2-1-3-7-16/h1-3,6-7,17-19H,4-5,8-15H2/t17-,18-,19+/m1/s1. The Labute approximate surface area is 149 Å². The third-order valence-electron chi connectivity index (χ3n) is 5.69. The van der Waals surface area contributed by atoms with E-state index in [-0.39, 0.29) is 11.8 Å². The Morgan fingerprint density at radius 3 is 2.84 bits per heavy atom. The summed E-state index contributed by atoms with van der Waals surface area (Å²) in [5, 5.41) is 1.59. The minimum absolute atomic E-state index is 0.0453. The van der Waals surface area contributed by atoms with E-state index in [1.165, 1.54) is 5.56 Å². The molecule has 0 unspecified atom stereocenters. The van der Waals surface area contributed by atoms with Gasteiger partial charge in [0, 0.05) is 26.2 Å². The number of piperidine rings is 1. The van der Waals surface area contributed by atoms with Gasteiger partial charge in [0.05, 0.1) is 25.2 Å². The second kappa shape index (κ2) is 7.85. The number of hydrogen-bond donors (Lipinski definition) is 0. The highest BCUT2D eigenvalue weighted by molar-refractivity contribution is 5.78. The van der Waals surface area contributed by atoms with Crippen molar-refractivity contribution in [2.45, 2.75) is 38.3 Å². The van der Waals surface area contributed by atoms with E-state index in [0.29, 0.717) is 25.2 Å². The molecule has 1 aromatic carbocycles. The Hall–Kier alpha value is -1.43. The second-order valence-corrected chi connectivity index (χ2v) is 7.55. The fourth-order valence-electron chi connectivity index (χ4n) is 4.34. The van der Waals surface area contributed by atoms with Gasteiger partial charge in [-0.2, -0.15) is 0 Å². The van der Waals surface area contributed by atoms with Gasteiger partial charge >= 0.3 is 0 Å². The van der Waals surface area contributed by atoms with Gasteiger partial charge in [-0.25, -0.2) is 5.06 Å². The van der Waals surface area contributed by atoms with Crippen LogP contribution in [0.3, 0.4) is 0 Å². The second-order valence-electron chi connectivity index (χ2n) is 7.55. The van der Waals surface area contributed by atoms with Crippen LogP contribution in [0, 0.1) is 11.8 Å². The third-order valence-corrected chi connectivity index (χ3v) is 5.69. The summed E-state index contributed by atoms with van der Waals surface area (Å²) in [6.45, 7) is 5.02. The SMILES string of the molecule is O=C([C@H]1CO[C@H]2CCN(Cc3ccccc3)C[C@H]2C1)N1CCCCO1. The molecule has 3 saturated heterocycles. The quantitative estimate of drug-likeness (QED) is 0.845. The zero-order valence-corrected chi connectivity index (χ0v) is 14.8. The van der Waals surface area contributed by atoms with Crippen molar-refractivity contribution >= 4 is 5.91 Å². The molecule has 5 nitrogen and oxygen atoms in total. The summed E-state index contributed by atoms with van der Waals surface area (Å²) in [5.74, 6) is 0.527. The number of hydroxylamine groups is 2. The van der Waals surface area contributed by atoms with Crippen LogP contribution in [0.1, 0.15) is 31.2 Å². The van der Waals surface area contributed by atoms with E-state index in [0.717, 1.165) is 51.9 Å². The van der Waals surface area contributed by atoms with Crippen molar-refractivity contribution in [1.82, 2.24) is 9.96 Å². The lowest BCUT2D eigenvalue weighted by Crippen LogP contribution is -2.51. The van der Waals surface area contributed by atoms with E-state index >= 15 is 0 Å². The van der Waals surface area contributed by atoms with Gasteiger partial charge in [0.25, 0.3) is 5.91 Å². The molecule has 3 heterocycles. The topological polar surface area (TPSA) is 42.0 Å². The molecule has 0 aliphatic carbocycles. The third kappa shape index (κ3) is 4.05. The number of ether oxygens (including phenoxy) is 1. The Kier molecular flexibility index (Phi) is 5.34. The zero-order chi connectivity index (χ0) is 17.1. The van der Waals surface area contributed by atoms with E-state index < -0.39 is 0 Å². The van der Waals surface area contributed by atoms with Crippen LogP contribution < -0.4 is 0 Å². The molecule has 0 aromatic heterocycles. The lowest BCUT2D eigenvalue weighted by molar-refractivity contribution is -0.208. The fraction of sp³-hybridized carbons (Fsp3) is 0.650. The van der Waals surface area contributed by atoms with Crippen LogP contribution in [-0.2, 0) is 20.9 Å². The van der Waals surface area contributed by atoms with E-state index in [9.17, 15) is 4.79 Å². The first-order valence-corrected chi connectivity index (χ1v) is 9.62. The first-order valence-electron chi connectivity index (χ1n) is 9.62. The van der Waals surface area contributed by atoms with E-state index in [1.807, 2.05) is 0 Å². The fourth-order valence-corrected chi connectivity index (χ4v) is 4.34. The van der Waals surface area contributed by atoms with Gasteiger partial charge in [-0.15, -0.1) is 0 Å². The molecule has 3 atom stereocenters. The minimum atomic E-state index is -0.0453. The van der Waals surface area contributed by atoms with Gasteiger partial charge in [-0.05, 0) is 37.2 Å². The highest BCUT2D eigenvalue weighted by Gasteiger charge is 2.39. The van der Waals surface area contributed by atoms with Crippen molar-refractivity contribution in [2.75, 3.05) is 32.8 Å². The summed E-state index contributed by atoms with van der Waals surface area (Å²) < 4.78 is 6.08. The Morgan fingerprint density at radius 1 is 1.16 bits per heavy atom. The molecule has 4 rings (SSSR count). The van der Waals surface area contributed by atoms with Crippen LogP contribution in [0.25, 0.3) is 0 Å². The molecule has 3 aliphatic heterocycles. The van der Waals surface area contributed by atoms with Gasteiger partial charge in [-0.3, -0.25) is 14.5 Å². The predicted octanol–water partition coefficient (Wildman–Crippen LogP) is 2.47. The predicted molar refractivity (Wildman–Crippen MR) is 94.6 cm³/mol. The average Bonchev–Trinajstić information content (AvgIpc) is 2.68. The highest BCUT2D eigenvalue weighted by atomic mass is 16.7. The largest absolute Gasteiger partial charge is 0.377 e. The lowest BCUT2D eigenvalue weighted by Gasteiger charge is -2.43. The molecule has 0 bridgehead atoms. The molecule has 1 amide bonds. The number of carbonyl (C=O) groups is 1. The van der Waals surface area contributed by atoms with E-state index in [1.54, 1.807) is 5.06 Å². The number of nitrogens with zero attached hydrogens (tertiary/aromatic N) is 2. The molecule has 25 heavy (non-hydrogen) atoms. The molecule has 0 spiro atoms. The van der Waals surface area contributed by atoms with Gasteiger partial charge in [0.2, 0.25) is 0 Å². The van der Waals surface area contributed by atoms with Crippen LogP contribution in [0.2, 0.25) is 0 Å².